The van der Waals surface area contributed by atoms with E-state index in [0.717, 1.165) is 35.1 Å². The van der Waals surface area contributed by atoms with Crippen molar-refractivity contribution in [2.24, 2.45) is 5.41 Å². The molecule has 1 saturated heterocycles. The lowest BCUT2D eigenvalue weighted by Gasteiger charge is -2.32. The van der Waals surface area contributed by atoms with Crippen LogP contribution in [0.5, 0.6) is 0 Å². The number of carbonyl (C=O) groups excluding carboxylic acids is 1. The Morgan fingerprint density at radius 1 is 1.40 bits per heavy atom. The third kappa shape index (κ3) is 3.77. The van der Waals surface area contributed by atoms with Crippen molar-refractivity contribution < 1.29 is 4.79 Å². The lowest BCUT2D eigenvalue weighted by molar-refractivity contribution is -0.140. The number of aryl methyl sites for hydroxylation is 1. The maximum atomic E-state index is 12.9. The molecule has 3 rings (SSSR count). The molecule has 2 aromatic heterocycles. The quantitative estimate of drug-likeness (QED) is 0.797. The molecule has 6 nitrogen and oxygen atoms in total. The van der Waals surface area contributed by atoms with Crippen molar-refractivity contribution in [2.45, 2.75) is 39.7 Å². The van der Waals surface area contributed by atoms with E-state index in [9.17, 15) is 4.79 Å². The van der Waals surface area contributed by atoms with Gasteiger partial charge >= 0.3 is 0 Å². The predicted octanol–water partition coefficient (Wildman–Crippen LogP) is 3.91. The number of thiazole rings is 1. The van der Waals surface area contributed by atoms with Gasteiger partial charge in [0, 0.05) is 35.9 Å². The van der Waals surface area contributed by atoms with Crippen LogP contribution >= 0.6 is 22.9 Å². The first-order valence-electron chi connectivity index (χ1n) is 8.30. The van der Waals surface area contributed by atoms with E-state index in [1.807, 2.05) is 31.9 Å². The highest BCUT2D eigenvalue weighted by Crippen LogP contribution is 2.37. The number of likely N-dealkylation sites (tertiary alicyclic amines) is 1. The molecule has 1 fully saturated rings. The molecule has 0 spiro atoms. The number of alkyl halides is 1. The number of aromatic nitrogens is 3. The van der Waals surface area contributed by atoms with Gasteiger partial charge in [0.2, 0.25) is 5.91 Å². The van der Waals surface area contributed by atoms with Crippen LogP contribution in [0.4, 0.5) is 10.9 Å². The Hall–Kier alpha value is -1.73. The number of nitrogens with zero attached hydrogens (tertiary/aromatic N) is 4. The van der Waals surface area contributed by atoms with Gasteiger partial charge in [0.15, 0.2) is 10.9 Å². The van der Waals surface area contributed by atoms with Crippen molar-refractivity contribution in [3.8, 4) is 0 Å². The van der Waals surface area contributed by atoms with Crippen LogP contribution in [0.15, 0.2) is 18.6 Å². The fraction of sp³-hybridized carbons (Fsp3) is 0.529. The Balaban J connectivity index is 1.89. The van der Waals surface area contributed by atoms with Crippen LogP contribution in [0, 0.1) is 12.3 Å². The molecule has 1 unspecified atom stereocenters. The highest BCUT2D eigenvalue weighted by atomic mass is 35.5. The number of hydrogen-bond donors (Lipinski definition) is 1. The molecule has 1 aliphatic rings. The predicted molar refractivity (Wildman–Crippen MR) is 100 cm³/mol. The highest BCUT2D eigenvalue weighted by molar-refractivity contribution is 7.15. The summed E-state index contributed by atoms with van der Waals surface area (Å²) in [5.74, 6) is 1.01. The average molecular weight is 380 g/mol. The molecule has 1 N–H and O–H groups in total. The second-order valence-corrected chi connectivity index (χ2v) is 8.37. The van der Waals surface area contributed by atoms with E-state index in [-0.39, 0.29) is 11.9 Å². The van der Waals surface area contributed by atoms with Crippen LogP contribution in [0.25, 0.3) is 0 Å². The van der Waals surface area contributed by atoms with Gasteiger partial charge in [-0.25, -0.2) is 9.97 Å². The average Bonchev–Trinajstić information content (AvgIpc) is 3.23. The summed E-state index contributed by atoms with van der Waals surface area (Å²) >= 11 is 7.57. The Morgan fingerprint density at radius 2 is 2.16 bits per heavy atom. The Bertz CT molecular complexity index is 763. The third-order valence-corrected chi connectivity index (χ3v) is 5.81. The molecule has 0 aromatic carbocycles. The SMILES string of the molecule is Cc1cnc(Nc2nccnc2C2CCCN2C(=O)C(C)(C)CCl)s1. The minimum atomic E-state index is -0.591. The lowest BCUT2D eigenvalue weighted by atomic mass is 9.93. The van der Waals surface area contributed by atoms with Crippen LogP contribution in [0.3, 0.4) is 0 Å². The third-order valence-electron chi connectivity index (χ3n) is 4.32. The lowest BCUT2D eigenvalue weighted by Crippen LogP contribution is -2.41. The van der Waals surface area contributed by atoms with Gasteiger partial charge in [-0.1, -0.05) is 0 Å². The monoisotopic (exact) mass is 379 g/mol. The fourth-order valence-electron chi connectivity index (χ4n) is 2.94. The number of anilines is 2. The van der Waals surface area contributed by atoms with Crippen molar-refractivity contribution in [3.63, 3.8) is 0 Å². The molecule has 0 aliphatic carbocycles. The number of nitrogens with one attached hydrogen (secondary N) is 1. The Kier molecular flexibility index (Phi) is 5.24. The molecule has 8 heteroatoms. The zero-order valence-electron chi connectivity index (χ0n) is 14.6. The first-order valence-corrected chi connectivity index (χ1v) is 9.65. The van der Waals surface area contributed by atoms with Crippen LogP contribution in [0.2, 0.25) is 0 Å². The first kappa shape index (κ1) is 18.1. The van der Waals surface area contributed by atoms with Gasteiger partial charge in [0.25, 0.3) is 0 Å². The zero-order valence-corrected chi connectivity index (χ0v) is 16.2. The topological polar surface area (TPSA) is 71.0 Å². The van der Waals surface area contributed by atoms with Gasteiger partial charge < -0.3 is 10.2 Å². The minimum absolute atomic E-state index is 0.0618. The van der Waals surface area contributed by atoms with Crippen molar-refractivity contribution in [1.29, 1.82) is 0 Å². The summed E-state index contributed by atoms with van der Waals surface area (Å²) in [6.07, 6.45) is 6.95. The second-order valence-electron chi connectivity index (χ2n) is 6.87. The van der Waals surface area contributed by atoms with Gasteiger partial charge in [0.1, 0.15) is 5.69 Å². The van der Waals surface area contributed by atoms with Gasteiger partial charge in [0.05, 0.1) is 11.5 Å². The fourth-order valence-corrected chi connectivity index (χ4v) is 3.72. The molecule has 3 heterocycles. The molecule has 1 atom stereocenters. The van der Waals surface area contributed by atoms with Crippen LogP contribution < -0.4 is 5.32 Å². The molecule has 134 valence electrons. The highest BCUT2D eigenvalue weighted by Gasteiger charge is 2.39. The number of halogens is 1. The van der Waals surface area contributed by atoms with E-state index >= 15 is 0 Å². The molecular formula is C17H22ClN5OS. The maximum absolute atomic E-state index is 12.9. The van der Waals surface area contributed by atoms with Crippen LogP contribution in [0.1, 0.15) is 43.3 Å². The van der Waals surface area contributed by atoms with Crippen LogP contribution in [-0.4, -0.2) is 38.2 Å². The summed E-state index contributed by atoms with van der Waals surface area (Å²) in [7, 11) is 0. The maximum Gasteiger partial charge on any atom is 0.230 e. The molecule has 0 saturated carbocycles. The van der Waals surface area contributed by atoms with Crippen molar-refractivity contribution in [3.05, 3.63) is 29.2 Å². The number of amides is 1. The molecular weight excluding hydrogens is 358 g/mol. The van der Waals surface area contributed by atoms with E-state index in [2.05, 4.69) is 20.3 Å². The van der Waals surface area contributed by atoms with E-state index in [1.54, 1.807) is 23.7 Å². The summed E-state index contributed by atoms with van der Waals surface area (Å²) in [5, 5.41) is 4.03. The molecule has 0 bridgehead atoms. The minimum Gasteiger partial charge on any atom is -0.333 e. The number of carbonyl (C=O) groups is 1. The Labute approximate surface area is 156 Å². The summed E-state index contributed by atoms with van der Waals surface area (Å²) < 4.78 is 0. The Morgan fingerprint density at radius 3 is 2.84 bits per heavy atom. The number of hydrogen-bond acceptors (Lipinski definition) is 6. The van der Waals surface area contributed by atoms with Crippen molar-refractivity contribution in [1.82, 2.24) is 19.9 Å². The number of rotatable bonds is 5. The van der Waals surface area contributed by atoms with E-state index in [1.165, 1.54) is 0 Å². The van der Waals surface area contributed by atoms with Gasteiger partial charge in [-0.2, -0.15) is 0 Å². The molecule has 0 radical (unpaired) electrons. The molecule has 1 aliphatic heterocycles. The second kappa shape index (κ2) is 7.25. The van der Waals surface area contributed by atoms with Gasteiger partial charge in [-0.15, -0.1) is 22.9 Å². The van der Waals surface area contributed by atoms with Gasteiger partial charge in [-0.3, -0.25) is 9.78 Å². The normalized spacial score (nSPS) is 17.8. The van der Waals surface area contributed by atoms with E-state index in [4.69, 9.17) is 11.6 Å². The summed E-state index contributed by atoms with van der Waals surface area (Å²) in [6.45, 7) is 6.49. The van der Waals surface area contributed by atoms with E-state index < -0.39 is 5.41 Å². The largest absolute Gasteiger partial charge is 0.333 e. The van der Waals surface area contributed by atoms with Crippen molar-refractivity contribution >= 4 is 39.8 Å². The summed E-state index contributed by atoms with van der Waals surface area (Å²) in [4.78, 5) is 29.2. The van der Waals surface area contributed by atoms with Crippen LogP contribution in [-0.2, 0) is 4.79 Å². The standard InChI is InChI=1S/C17H22ClN5OS/c1-11-9-21-16(25-11)22-14-13(19-6-7-20-14)12-5-4-8-23(12)15(24)17(2,3)10-18/h6-7,9,12H,4-5,8,10H2,1-3H3,(H,20,21,22). The summed E-state index contributed by atoms with van der Waals surface area (Å²) in [6, 6.07) is -0.0905. The first-order chi connectivity index (χ1) is 11.9. The van der Waals surface area contributed by atoms with Gasteiger partial charge in [-0.05, 0) is 33.6 Å². The zero-order chi connectivity index (χ0) is 18.0. The molecule has 25 heavy (non-hydrogen) atoms. The van der Waals surface area contributed by atoms with Crippen molar-refractivity contribution in [2.75, 3.05) is 17.7 Å². The van der Waals surface area contributed by atoms with E-state index in [0.29, 0.717) is 11.7 Å². The molecule has 1 amide bonds. The smallest absolute Gasteiger partial charge is 0.230 e. The summed E-state index contributed by atoms with van der Waals surface area (Å²) in [5.41, 5.74) is 0.193. The molecule has 2 aromatic rings.